The third-order valence-electron chi connectivity index (χ3n) is 2.52. The molecule has 0 aliphatic rings. The average molecular weight is 364 g/mol. The third kappa shape index (κ3) is 4.92. The lowest BCUT2D eigenvalue weighted by Crippen LogP contribution is -2.01. The van der Waals surface area contributed by atoms with E-state index in [4.69, 9.17) is 9.47 Å². The summed E-state index contributed by atoms with van der Waals surface area (Å²) in [5, 5.41) is 9.83. The van der Waals surface area contributed by atoms with Crippen molar-refractivity contribution in [2.75, 3.05) is 13.2 Å². The molecule has 0 unspecified atom stereocenters. The van der Waals surface area contributed by atoms with E-state index in [2.05, 4.69) is 36.4 Å². The quantitative estimate of drug-likeness (QED) is 0.551. The number of aromatic hydroxyl groups is 1. The van der Waals surface area contributed by atoms with Gasteiger partial charge in [0, 0.05) is 12.1 Å². The van der Waals surface area contributed by atoms with Crippen LogP contribution in [-0.2, 0) is 0 Å². The maximum absolute atomic E-state index is 9.83. The monoisotopic (exact) mass is 364 g/mol. The minimum atomic E-state index is 0.219. The lowest BCUT2D eigenvalue weighted by Gasteiger charge is -2.12. The van der Waals surface area contributed by atoms with E-state index < -0.39 is 0 Å². The maximum atomic E-state index is 9.83. The van der Waals surface area contributed by atoms with Crippen LogP contribution in [0.4, 0.5) is 0 Å². The van der Waals surface area contributed by atoms with Gasteiger partial charge in [0.25, 0.3) is 0 Å². The number of rotatable bonds is 8. The van der Waals surface area contributed by atoms with Gasteiger partial charge in [0.1, 0.15) is 17.2 Å². The minimum absolute atomic E-state index is 0.219. The van der Waals surface area contributed by atoms with Gasteiger partial charge in [-0.3, -0.25) is 0 Å². The summed E-state index contributed by atoms with van der Waals surface area (Å²) in [6.07, 6.45) is 4.21. The van der Waals surface area contributed by atoms with E-state index in [1.165, 1.54) is 0 Å². The minimum Gasteiger partial charge on any atom is -0.507 e. The summed E-state index contributed by atoms with van der Waals surface area (Å²) in [6.45, 7) is 5.58. The van der Waals surface area contributed by atoms with Gasteiger partial charge < -0.3 is 14.6 Å². The first-order chi connectivity index (χ1) is 8.69. The van der Waals surface area contributed by atoms with Crippen LogP contribution in [0.2, 0.25) is 0 Å². The summed E-state index contributed by atoms with van der Waals surface area (Å²) in [5.74, 6) is 1.60. The molecule has 0 amide bonds. The lowest BCUT2D eigenvalue weighted by molar-refractivity contribution is 0.289. The molecule has 1 rings (SSSR count). The van der Waals surface area contributed by atoms with Crippen molar-refractivity contribution in [3.8, 4) is 17.2 Å². The Morgan fingerprint density at radius 3 is 2.28 bits per heavy atom. The summed E-state index contributed by atoms with van der Waals surface area (Å²) >= 11 is 2.09. The van der Waals surface area contributed by atoms with E-state index in [0.717, 1.165) is 29.3 Å². The van der Waals surface area contributed by atoms with Gasteiger partial charge in [0.2, 0.25) is 0 Å². The van der Waals surface area contributed by atoms with Crippen LogP contribution in [0.15, 0.2) is 12.1 Å². The van der Waals surface area contributed by atoms with Gasteiger partial charge in [-0.05, 0) is 35.4 Å². The summed E-state index contributed by atoms with van der Waals surface area (Å²) < 4.78 is 12.0. The molecule has 0 bridgehead atoms. The van der Waals surface area contributed by atoms with Crippen molar-refractivity contribution in [2.45, 2.75) is 39.5 Å². The topological polar surface area (TPSA) is 38.7 Å². The first-order valence-corrected chi connectivity index (χ1v) is 7.55. The van der Waals surface area contributed by atoms with Crippen LogP contribution in [0.5, 0.6) is 17.2 Å². The number of hydrogen-bond donors (Lipinski definition) is 1. The highest BCUT2D eigenvalue weighted by Gasteiger charge is 2.09. The zero-order chi connectivity index (χ0) is 13.4. The summed E-state index contributed by atoms with van der Waals surface area (Å²) in [5.41, 5.74) is 0. The molecule has 3 nitrogen and oxygen atoms in total. The van der Waals surface area contributed by atoms with E-state index in [0.29, 0.717) is 24.7 Å². The lowest BCUT2D eigenvalue weighted by atomic mass is 10.3. The number of ether oxygens (including phenoxy) is 2. The van der Waals surface area contributed by atoms with Crippen molar-refractivity contribution >= 4 is 22.6 Å². The van der Waals surface area contributed by atoms with Crippen molar-refractivity contribution in [3.05, 3.63) is 15.7 Å². The third-order valence-corrected chi connectivity index (χ3v) is 3.60. The van der Waals surface area contributed by atoms with Gasteiger partial charge in [0.05, 0.1) is 16.8 Å². The van der Waals surface area contributed by atoms with Gasteiger partial charge in [0.15, 0.2) is 0 Å². The van der Waals surface area contributed by atoms with Gasteiger partial charge >= 0.3 is 0 Å². The zero-order valence-corrected chi connectivity index (χ0v) is 13.2. The Balaban J connectivity index is 2.69. The second-order valence-corrected chi connectivity index (χ2v) is 5.24. The molecule has 18 heavy (non-hydrogen) atoms. The van der Waals surface area contributed by atoms with Crippen LogP contribution in [0, 0.1) is 3.57 Å². The molecule has 0 radical (unpaired) electrons. The highest BCUT2D eigenvalue weighted by atomic mass is 127. The molecule has 1 N–H and O–H groups in total. The molecule has 102 valence electrons. The van der Waals surface area contributed by atoms with Crippen molar-refractivity contribution < 1.29 is 14.6 Å². The summed E-state index contributed by atoms with van der Waals surface area (Å²) in [4.78, 5) is 0. The summed E-state index contributed by atoms with van der Waals surface area (Å²) in [6, 6.07) is 3.50. The van der Waals surface area contributed by atoms with Crippen LogP contribution >= 0.6 is 22.6 Å². The Morgan fingerprint density at radius 2 is 1.67 bits per heavy atom. The standard InChI is InChI=1S/C14H21IO3/c1-3-5-7-17-11-9-12(16)14(15)13(10-11)18-8-6-4-2/h9-10,16H,3-8H2,1-2H3. The fourth-order valence-electron chi connectivity index (χ4n) is 1.41. The van der Waals surface area contributed by atoms with Crippen molar-refractivity contribution in [1.82, 2.24) is 0 Å². The van der Waals surface area contributed by atoms with Gasteiger partial charge in [-0.15, -0.1) is 0 Å². The molecule has 0 atom stereocenters. The van der Waals surface area contributed by atoms with E-state index in [1.807, 2.05) is 6.07 Å². The van der Waals surface area contributed by atoms with Gasteiger partial charge in [-0.1, -0.05) is 26.7 Å². The van der Waals surface area contributed by atoms with Crippen molar-refractivity contribution in [2.24, 2.45) is 0 Å². The Hall–Kier alpha value is -0.650. The van der Waals surface area contributed by atoms with Gasteiger partial charge in [-0.2, -0.15) is 0 Å². The second-order valence-electron chi connectivity index (χ2n) is 4.16. The van der Waals surface area contributed by atoms with Crippen LogP contribution < -0.4 is 9.47 Å². The average Bonchev–Trinajstić information content (AvgIpc) is 2.35. The summed E-state index contributed by atoms with van der Waals surface area (Å²) in [7, 11) is 0. The molecule has 0 aliphatic carbocycles. The molecule has 0 saturated carbocycles. The van der Waals surface area contributed by atoms with E-state index >= 15 is 0 Å². The molecule has 0 saturated heterocycles. The Kier molecular flexibility index (Phi) is 7.23. The van der Waals surface area contributed by atoms with Crippen LogP contribution in [-0.4, -0.2) is 18.3 Å². The fraction of sp³-hybridized carbons (Fsp3) is 0.571. The van der Waals surface area contributed by atoms with Crippen LogP contribution in [0.1, 0.15) is 39.5 Å². The number of phenolic OH excluding ortho intramolecular Hbond substituents is 1. The highest BCUT2D eigenvalue weighted by Crippen LogP contribution is 2.34. The predicted molar refractivity (Wildman–Crippen MR) is 81.6 cm³/mol. The maximum Gasteiger partial charge on any atom is 0.140 e. The fourth-order valence-corrected chi connectivity index (χ4v) is 1.87. The first-order valence-electron chi connectivity index (χ1n) is 6.47. The molecule has 1 aromatic carbocycles. The van der Waals surface area contributed by atoms with E-state index in [9.17, 15) is 5.11 Å². The molecule has 0 fully saturated rings. The number of hydrogen-bond acceptors (Lipinski definition) is 3. The molecule has 0 aliphatic heterocycles. The molecular weight excluding hydrogens is 343 g/mol. The molecule has 1 aromatic rings. The van der Waals surface area contributed by atoms with Crippen molar-refractivity contribution in [1.29, 1.82) is 0 Å². The van der Waals surface area contributed by atoms with Crippen LogP contribution in [0.25, 0.3) is 0 Å². The normalized spacial score (nSPS) is 10.4. The largest absolute Gasteiger partial charge is 0.507 e. The van der Waals surface area contributed by atoms with Crippen LogP contribution in [0.3, 0.4) is 0 Å². The van der Waals surface area contributed by atoms with E-state index in [1.54, 1.807) is 6.07 Å². The molecule has 0 heterocycles. The molecule has 4 heteroatoms. The molecule has 0 spiro atoms. The molecular formula is C14H21IO3. The zero-order valence-electron chi connectivity index (χ0n) is 11.0. The number of phenols is 1. The second kappa shape index (κ2) is 8.45. The SMILES string of the molecule is CCCCOc1cc(O)c(I)c(OCCCC)c1. The first kappa shape index (κ1) is 15.4. The smallest absolute Gasteiger partial charge is 0.140 e. The van der Waals surface area contributed by atoms with E-state index in [-0.39, 0.29) is 5.75 Å². The van der Waals surface area contributed by atoms with Gasteiger partial charge in [-0.25, -0.2) is 0 Å². The Bertz CT molecular complexity index is 366. The highest BCUT2D eigenvalue weighted by molar-refractivity contribution is 14.1. The number of halogens is 1. The number of benzene rings is 1. The molecule has 0 aromatic heterocycles. The number of unbranched alkanes of at least 4 members (excludes halogenated alkanes) is 2. The predicted octanol–water partition coefficient (Wildman–Crippen LogP) is 4.35. The Labute approximate surface area is 123 Å². The Morgan fingerprint density at radius 1 is 1.06 bits per heavy atom. The van der Waals surface area contributed by atoms with Crippen molar-refractivity contribution in [3.63, 3.8) is 0 Å².